The van der Waals surface area contributed by atoms with Crippen molar-refractivity contribution in [2.24, 2.45) is 4.99 Å². The van der Waals surface area contributed by atoms with Crippen molar-refractivity contribution in [2.75, 3.05) is 33.4 Å². The van der Waals surface area contributed by atoms with Gasteiger partial charge < -0.3 is 14.4 Å². The highest BCUT2D eigenvalue weighted by molar-refractivity contribution is 6.32. The van der Waals surface area contributed by atoms with E-state index in [1.54, 1.807) is 0 Å². The molecular formula is C15H21ClN2O2. The topological polar surface area (TPSA) is 34.1 Å². The predicted octanol–water partition coefficient (Wildman–Crippen LogP) is 3.22. The minimum absolute atomic E-state index is 0.572. The standard InChI is InChI=1S/C15H21ClN2O2/c1-4-8-20-14-12(16)9-11(10-13(14)19-5-2)15-17-6-7-18(15)3/h9-10H,4-8H2,1-3H3. The summed E-state index contributed by atoms with van der Waals surface area (Å²) in [6.45, 7) is 6.96. The summed E-state index contributed by atoms with van der Waals surface area (Å²) in [7, 11) is 2.03. The van der Waals surface area contributed by atoms with Crippen molar-refractivity contribution in [3.63, 3.8) is 0 Å². The van der Waals surface area contributed by atoms with Crippen LogP contribution in [-0.2, 0) is 0 Å². The number of likely N-dealkylation sites (N-methyl/N-ethyl adjacent to an activating group) is 1. The van der Waals surface area contributed by atoms with Crippen molar-refractivity contribution < 1.29 is 9.47 Å². The summed E-state index contributed by atoms with van der Waals surface area (Å²) in [5.41, 5.74) is 0.974. The Labute approximate surface area is 125 Å². The largest absolute Gasteiger partial charge is 0.490 e. The number of halogens is 1. The molecule has 0 aromatic heterocycles. The molecule has 110 valence electrons. The van der Waals surface area contributed by atoms with E-state index in [0.29, 0.717) is 29.7 Å². The van der Waals surface area contributed by atoms with E-state index in [0.717, 1.165) is 30.9 Å². The van der Waals surface area contributed by atoms with E-state index in [-0.39, 0.29) is 0 Å². The van der Waals surface area contributed by atoms with Crippen LogP contribution in [0.4, 0.5) is 0 Å². The molecule has 0 spiro atoms. The fraction of sp³-hybridized carbons (Fsp3) is 0.533. The molecule has 4 nitrogen and oxygen atoms in total. The Morgan fingerprint density at radius 1 is 1.30 bits per heavy atom. The third kappa shape index (κ3) is 3.18. The first-order chi connectivity index (χ1) is 9.67. The minimum atomic E-state index is 0.572. The van der Waals surface area contributed by atoms with Gasteiger partial charge in [0.25, 0.3) is 0 Å². The highest BCUT2D eigenvalue weighted by Gasteiger charge is 2.19. The van der Waals surface area contributed by atoms with Crippen molar-refractivity contribution in [1.29, 1.82) is 0 Å². The molecule has 0 fully saturated rings. The van der Waals surface area contributed by atoms with Crippen molar-refractivity contribution in [2.45, 2.75) is 20.3 Å². The summed E-state index contributed by atoms with van der Waals surface area (Å²) in [6.07, 6.45) is 0.930. The van der Waals surface area contributed by atoms with Crippen LogP contribution in [0.25, 0.3) is 0 Å². The fourth-order valence-corrected chi connectivity index (χ4v) is 2.41. The van der Waals surface area contributed by atoms with E-state index >= 15 is 0 Å². The van der Waals surface area contributed by atoms with Crippen LogP contribution in [-0.4, -0.2) is 44.1 Å². The molecule has 0 radical (unpaired) electrons. The lowest BCUT2D eigenvalue weighted by molar-refractivity contribution is 0.277. The molecule has 1 aliphatic heterocycles. The van der Waals surface area contributed by atoms with Crippen LogP contribution in [0.15, 0.2) is 17.1 Å². The smallest absolute Gasteiger partial charge is 0.179 e. The van der Waals surface area contributed by atoms with Gasteiger partial charge in [0, 0.05) is 19.2 Å². The van der Waals surface area contributed by atoms with Gasteiger partial charge in [-0.15, -0.1) is 0 Å². The number of aliphatic imine (C=N–C) groups is 1. The monoisotopic (exact) mass is 296 g/mol. The van der Waals surface area contributed by atoms with Crippen LogP contribution < -0.4 is 9.47 Å². The molecule has 0 bridgehead atoms. The number of hydrogen-bond donors (Lipinski definition) is 0. The fourth-order valence-electron chi connectivity index (χ4n) is 2.15. The van der Waals surface area contributed by atoms with Gasteiger partial charge in [-0.3, -0.25) is 4.99 Å². The van der Waals surface area contributed by atoms with Gasteiger partial charge in [-0.1, -0.05) is 18.5 Å². The molecule has 1 heterocycles. The highest BCUT2D eigenvalue weighted by Crippen LogP contribution is 2.37. The molecule has 0 saturated heterocycles. The molecule has 0 amide bonds. The molecule has 0 saturated carbocycles. The third-order valence-corrected chi connectivity index (χ3v) is 3.36. The molecule has 0 atom stereocenters. The Bertz CT molecular complexity index is 503. The Morgan fingerprint density at radius 3 is 2.70 bits per heavy atom. The molecule has 0 N–H and O–H groups in total. The lowest BCUT2D eigenvalue weighted by Gasteiger charge is -2.18. The first-order valence-corrected chi connectivity index (χ1v) is 7.40. The number of ether oxygens (including phenoxy) is 2. The Balaban J connectivity index is 2.36. The first kappa shape index (κ1) is 15.0. The second-order valence-corrected chi connectivity index (χ2v) is 5.10. The van der Waals surface area contributed by atoms with Gasteiger partial charge >= 0.3 is 0 Å². The van der Waals surface area contributed by atoms with E-state index in [9.17, 15) is 0 Å². The zero-order valence-electron chi connectivity index (χ0n) is 12.3. The summed E-state index contributed by atoms with van der Waals surface area (Å²) < 4.78 is 11.4. The Kier molecular flexibility index (Phi) is 5.12. The van der Waals surface area contributed by atoms with Crippen LogP contribution in [0, 0.1) is 0 Å². The summed E-state index contributed by atoms with van der Waals surface area (Å²) in [4.78, 5) is 6.63. The quantitative estimate of drug-likeness (QED) is 0.808. The SMILES string of the molecule is CCCOc1c(Cl)cc(C2=NCCN2C)cc1OCC. The molecule has 1 aromatic rings. The van der Waals surface area contributed by atoms with E-state index < -0.39 is 0 Å². The minimum Gasteiger partial charge on any atom is -0.490 e. The van der Waals surface area contributed by atoms with Gasteiger partial charge in [-0.2, -0.15) is 0 Å². The van der Waals surface area contributed by atoms with Gasteiger partial charge in [-0.25, -0.2) is 0 Å². The van der Waals surface area contributed by atoms with E-state index in [1.807, 2.05) is 26.1 Å². The molecule has 5 heteroatoms. The van der Waals surface area contributed by atoms with Crippen LogP contribution >= 0.6 is 11.6 Å². The number of rotatable bonds is 6. The van der Waals surface area contributed by atoms with Crippen molar-refractivity contribution >= 4 is 17.4 Å². The second-order valence-electron chi connectivity index (χ2n) is 4.69. The van der Waals surface area contributed by atoms with Gasteiger partial charge in [0.1, 0.15) is 5.84 Å². The Morgan fingerprint density at radius 2 is 2.10 bits per heavy atom. The zero-order valence-corrected chi connectivity index (χ0v) is 13.0. The van der Waals surface area contributed by atoms with Gasteiger partial charge in [0.05, 0.1) is 24.8 Å². The maximum atomic E-state index is 6.35. The predicted molar refractivity (Wildman–Crippen MR) is 82.4 cm³/mol. The lowest BCUT2D eigenvalue weighted by atomic mass is 10.1. The molecule has 1 aromatic carbocycles. The Hall–Kier alpha value is -1.42. The maximum Gasteiger partial charge on any atom is 0.179 e. The zero-order chi connectivity index (χ0) is 14.5. The summed E-state index contributed by atoms with van der Waals surface area (Å²) >= 11 is 6.35. The maximum absolute atomic E-state index is 6.35. The van der Waals surface area contributed by atoms with Crippen molar-refractivity contribution in [1.82, 2.24) is 4.90 Å². The normalized spacial score (nSPS) is 14.4. The van der Waals surface area contributed by atoms with E-state index in [2.05, 4.69) is 16.8 Å². The van der Waals surface area contributed by atoms with E-state index in [4.69, 9.17) is 21.1 Å². The summed E-state index contributed by atoms with van der Waals surface area (Å²) in [6, 6.07) is 3.86. The second kappa shape index (κ2) is 6.84. The average Bonchev–Trinajstić information content (AvgIpc) is 2.84. The van der Waals surface area contributed by atoms with Crippen LogP contribution in [0.2, 0.25) is 5.02 Å². The number of benzene rings is 1. The summed E-state index contributed by atoms with van der Waals surface area (Å²) in [5, 5.41) is 0.572. The molecule has 0 aliphatic carbocycles. The molecular weight excluding hydrogens is 276 g/mol. The van der Waals surface area contributed by atoms with E-state index in [1.165, 1.54) is 0 Å². The van der Waals surface area contributed by atoms with Crippen LogP contribution in [0.1, 0.15) is 25.8 Å². The van der Waals surface area contributed by atoms with Crippen molar-refractivity contribution in [3.05, 3.63) is 22.7 Å². The number of hydrogen-bond acceptors (Lipinski definition) is 4. The highest BCUT2D eigenvalue weighted by atomic mass is 35.5. The van der Waals surface area contributed by atoms with Crippen LogP contribution in [0.5, 0.6) is 11.5 Å². The van der Waals surface area contributed by atoms with Gasteiger partial charge in [0.15, 0.2) is 11.5 Å². The number of amidine groups is 1. The van der Waals surface area contributed by atoms with Gasteiger partial charge in [-0.05, 0) is 25.5 Å². The first-order valence-electron chi connectivity index (χ1n) is 7.02. The molecule has 0 unspecified atom stereocenters. The molecule has 2 rings (SSSR count). The lowest BCUT2D eigenvalue weighted by Crippen LogP contribution is -2.23. The van der Waals surface area contributed by atoms with Crippen LogP contribution in [0.3, 0.4) is 0 Å². The number of nitrogens with zero attached hydrogens (tertiary/aromatic N) is 2. The van der Waals surface area contributed by atoms with Crippen molar-refractivity contribution in [3.8, 4) is 11.5 Å². The third-order valence-electron chi connectivity index (χ3n) is 3.08. The van der Waals surface area contributed by atoms with Gasteiger partial charge in [0.2, 0.25) is 0 Å². The molecule has 20 heavy (non-hydrogen) atoms. The average molecular weight is 297 g/mol. The summed E-state index contributed by atoms with van der Waals surface area (Å²) in [5.74, 6) is 2.27. The molecule has 1 aliphatic rings.